The SMILES string of the molecule is CCc1cc(OS(=O)(=O)C(F)(F)F)cc2c1CN(C(=O)OC(C)(C)C)CC2. The molecule has 0 bridgehead atoms. The Balaban J connectivity index is 2.29. The first-order valence-electron chi connectivity index (χ1n) is 8.37. The second kappa shape index (κ2) is 7.21. The van der Waals surface area contributed by atoms with Crippen LogP contribution in [0.5, 0.6) is 5.75 Å². The number of carbonyl (C=O) groups excluding carboxylic acids is 1. The maximum Gasteiger partial charge on any atom is 0.534 e. The van der Waals surface area contributed by atoms with E-state index in [1.807, 2.05) is 0 Å². The third-order valence-electron chi connectivity index (χ3n) is 3.93. The molecule has 0 fully saturated rings. The van der Waals surface area contributed by atoms with Crippen LogP contribution in [0.2, 0.25) is 0 Å². The third kappa shape index (κ3) is 5.06. The molecule has 0 aromatic heterocycles. The molecule has 1 heterocycles. The number of rotatable bonds is 3. The summed E-state index contributed by atoms with van der Waals surface area (Å²) in [6.45, 7) is 7.59. The summed E-state index contributed by atoms with van der Waals surface area (Å²) in [7, 11) is -5.73. The number of hydrogen-bond donors (Lipinski definition) is 0. The molecule has 1 aromatic carbocycles. The molecule has 0 saturated heterocycles. The van der Waals surface area contributed by atoms with Crippen molar-refractivity contribution in [3.8, 4) is 5.75 Å². The van der Waals surface area contributed by atoms with Crippen molar-refractivity contribution in [1.29, 1.82) is 0 Å². The predicted octanol–water partition coefficient (Wildman–Crippen LogP) is 3.77. The number of fused-ring (bicyclic) bond motifs is 1. The number of halogens is 3. The molecule has 27 heavy (non-hydrogen) atoms. The lowest BCUT2D eigenvalue weighted by Gasteiger charge is -2.32. The first-order chi connectivity index (χ1) is 12.2. The maximum atomic E-state index is 12.5. The smallest absolute Gasteiger partial charge is 0.444 e. The van der Waals surface area contributed by atoms with Gasteiger partial charge in [-0.3, -0.25) is 0 Å². The fourth-order valence-electron chi connectivity index (χ4n) is 2.74. The Morgan fingerprint density at radius 1 is 1.22 bits per heavy atom. The second-order valence-corrected chi connectivity index (χ2v) is 8.75. The van der Waals surface area contributed by atoms with Gasteiger partial charge >= 0.3 is 21.7 Å². The van der Waals surface area contributed by atoms with Crippen molar-refractivity contribution in [2.75, 3.05) is 6.54 Å². The number of aryl methyl sites for hydroxylation is 1. The quantitative estimate of drug-likeness (QED) is 0.561. The number of hydrogen-bond acceptors (Lipinski definition) is 5. The van der Waals surface area contributed by atoms with E-state index in [1.165, 1.54) is 17.0 Å². The van der Waals surface area contributed by atoms with Gasteiger partial charge in [-0.05, 0) is 62.4 Å². The first kappa shape index (κ1) is 21.3. The number of alkyl halides is 3. The monoisotopic (exact) mass is 409 g/mol. The number of benzene rings is 1. The van der Waals surface area contributed by atoms with E-state index in [9.17, 15) is 26.4 Å². The normalized spacial score (nSPS) is 15.3. The Labute approximate surface area is 156 Å². The Morgan fingerprint density at radius 3 is 2.37 bits per heavy atom. The van der Waals surface area contributed by atoms with Gasteiger partial charge in [-0.1, -0.05) is 6.92 Å². The van der Waals surface area contributed by atoms with E-state index in [2.05, 4.69) is 4.18 Å². The van der Waals surface area contributed by atoms with Gasteiger partial charge < -0.3 is 13.8 Å². The van der Waals surface area contributed by atoms with Crippen LogP contribution in [0.1, 0.15) is 44.4 Å². The molecule has 0 atom stereocenters. The highest BCUT2D eigenvalue weighted by molar-refractivity contribution is 7.88. The van der Waals surface area contributed by atoms with Gasteiger partial charge in [0.25, 0.3) is 0 Å². The van der Waals surface area contributed by atoms with Gasteiger partial charge in [-0.2, -0.15) is 21.6 Å². The molecule has 0 N–H and O–H groups in total. The number of nitrogens with zero attached hydrogens (tertiary/aromatic N) is 1. The van der Waals surface area contributed by atoms with Gasteiger partial charge in [-0.25, -0.2) is 4.79 Å². The molecule has 6 nitrogen and oxygen atoms in total. The van der Waals surface area contributed by atoms with Crippen LogP contribution in [0.25, 0.3) is 0 Å². The zero-order valence-electron chi connectivity index (χ0n) is 15.5. The number of ether oxygens (including phenoxy) is 1. The van der Waals surface area contributed by atoms with Gasteiger partial charge in [0.1, 0.15) is 11.4 Å². The average molecular weight is 409 g/mol. The summed E-state index contributed by atoms with van der Waals surface area (Å²) in [4.78, 5) is 13.8. The summed E-state index contributed by atoms with van der Waals surface area (Å²) in [6.07, 6.45) is 0.314. The molecule has 0 saturated carbocycles. The summed E-state index contributed by atoms with van der Waals surface area (Å²) in [5.74, 6) is -0.381. The van der Waals surface area contributed by atoms with E-state index in [0.717, 1.165) is 5.56 Å². The van der Waals surface area contributed by atoms with Crippen LogP contribution < -0.4 is 4.18 Å². The van der Waals surface area contributed by atoms with E-state index < -0.39 is 27.3 Å². The zero-order valence-corrected chi connectivity index (χ0v) is 16.3. The van der Waals surface area contributed by atoms with Gasteiger partial charge in [0.15, 0.2) is 0 Å². The molecule has 0 unspecified atom stereocenters. The minimum absolute atomic E-state index is 0.236. The molecule has 10 heteroatoms. The predicted molar refractivity (Wildman–Crippen MR) is 91.8 cm³/mol. The van der Waals surface area contributed by atoms with Crippen LogP contribution in [0, 0.1) is 0 Å². The fourth-order valence-corrected chi connectivity index (χ4v) is 3.18. The molecular weight excluding hydrogens is 387 g/mol. The summed E-state index contributed by atoms with van der Waals surface area (Å²) in [5.41, 5.74) is -4.10. The molecule has 1 aliphatic rings. The lowest BCUT2D eigenvalue weighted by molar-refractivity contribution is -0.0500. The van der Waals surface area contributed by atoms with Crippen molar-refractivity contribution < 1.29 is 35.3 Å². The Bertz CT molecular complexity index is 811. The van der Waals surface area contributed by atoms with Crippen LogP contribution in [-0.4, -0.2) is 37.1 Å². The van der Waals surface area contributed by atoms with Gasteiger partial charge in [0.2, 0.25) is 0 Å². The molecule has 1 aliphatic heterocycles. The minimum atomic E-state index is -5.73. The standard InChI is InChI=1S/C17H22F3NO5S/c1-5-11-8-13(26-27(23,24)17(18,19)20)9-12-6-7-21(10-14(11)12)15(22)25-16(2,3)4/h8-9H,5-7,10H2,1-4H3. The van der Waals surface area contributed by atoms with E-state index in [0.29, 0.717) is 30.5 Å². The molecular formula is C17H22F3NO5S. The fraction of sp³-hybridized carbons (Fsp3) is 0.588. The Hall–Kier alpha value is -1.97. The van der Waals surface area contributed by atoms with E-state index in [4.69, 9.17) is 4.74 Å². The van der Waals surface area contributed by atoms with Crippen LogP contribution in [0.3, 0.4) is 0 Å². The summed E-state index contributed by atoms with van der Waals surface area (Å²) >= 11 is 0. The van der Waals surface area contributed by atoms with Crippen molar-refractivity contribution in [2.45, 2.75) is 58.2 Å². The van der Waals surface area contributed by atoms with Crippen molar-refractivity contribution in [2.24, 2.45) is 0 Å². The summed E-state index contributed by atoms with van der Waals surface area (Å²) in [5, 5.41) is 0. The van der Waals surface area contributed by atoms with Gasteiger partial charge in [-0.15, -0.1) is 0 Å². The summed E-state index contributed by atoms with van der Waals surface area (Å²) in [6, 6.07) is 2.55. The largest absolute Gasteiger partial charge is 0.534 e. The highest BCUT2D eigenvalue weighted by Crippen LogP contribution is 2.32. The molecule has 0 spiro atoms. The molecule has 1 aromatic rings. The number of carbonyl (C=O) groups is 1. The van der Waals surface area contributed by atoms with Crippen LogP contribution in [0.15, 0.2) is 12.1 Å². The lowest BCUT2D eigenvalue weighted by atomic mass is 9.93. The maximum absolute atomic E-state index is 12.5. The van der Waals surface area contributed by atoms with E-state index in [-0.39, 0.29) is 12.3 Å². The van der Waals surface area contributed by atoms with Crippen LogP contribution in [-0.2, 0) is 34.2 Å². The molecule has 152 valence electrons. The van der Waals surface area contributed by atoms with E-state index in [1.54, 1.807) is 27.7 Å². The highest BCUT2D eigenvalue weighted by atomic mass is 32.2. The zero-order chi connectivity index (χ0) is 20.6. The highest BCUT2D eigenvalue weighted by Gasteiger charge is 2.48. The Morgan fingerprint density at radius 2 is 1.85 bits per heavy atom. The average Bonchev–Trinajstić information content (AvgIpc) is 2.50. The lowest BCUT2D eigenvalue weighted by Crippen LogP contribution is -2.40. The molecule has 0 radical (unpaired) electrons. The van der Waals surface area contributed by atoms with Crippen molar-refractivity contribution in [3.05, 3.63) is 28.8 Å². The first-order valence-corrected chi connectivity index (χ1v) is 9.77. The van der Waals surface area contributed by atoms with Gasteiger partial charge in [0.05, 0.1) is 0 Å². The topological polar surface area (TPSA) is 72.9 Å². The van der Waals surface area contributed by atoms with Crippen molar-refractivity contribution in [3.63, 3.8) is 0 Å². The molecule has 0 aliphatic carbocycles. The van der Waals surface area contributed by atoms with Crippen molar-refractivity contribution >= 4 is 16.2 Å². The second-order valence-electron chi connectivity index (χ2n) is 7.21. The molecule has 2 rings (SSSR count). The third-order valence-corrected chi connectivity index (χ3v) is 4.91. The van der Waals surface area contributed by atoms with Crippen molar-refractivity contribution in [1.82, 2.24) is 4.90 Å². The summed E-state index contributed by atoms with van der Waals surface area (Å²) < 4.78 is 69.7. The van der Waals surface area contributed by atoms with Gasteiger partial charge in [0, 0.05) is 13.1 Å². The minimum Gasteiger partial charge on any atom is -0.444 e. The van der Waals surface area contributed by atoms with E-state index >= 15 is 0 Å². The number of amides is 1. The molecule has 1 amide bonds. The van der Waals surface area contributed by atoms with Crippen LogP contribution >= 0.6 is 0 Å². The Kier molecular flexibility index (Phi) is 5.70. The van der Waals surface area contributed by atoms with Crippen LogP contribution in [0.4, 0.5) is 18.0 Å².